The number of benzene rings is 1. The van der Waals surface area contributed by atoms with E-state index in [4.69, 9.17) is 11.6 Å². The van der Waals surface area contributed by atoms with Gasteiger partial charge in [0, 0.05) is 5.56 Å². The Balaban J connectivity index is 2.64. The summed E-state index contributed by atoms with van der Waals surface area (Å²) in [5.41, 5.74) is 0.897. The molecular formula is C13H15ClNOS+. The summed E-state index contributed by atoms with van der Waals surface area (Å²) in [4.78, 5) is 12.7. The topological polar surface area (TPSA) is 32.9 Å². The van der Waals surface area contributed by atoms with Crippen molar-refractivity contribution in [1.82, 2.24) is 4.37 Å². The Labute approximate surface area is 108 Å². The average Bonchev–Trinajstić information content (AvgIpc) is 2.66. The average molecular weight is 269 g/mol. The van der Waals surface area contributed by atoms with E-state index in [0.29, 0.717) is 10.3 Å². The Morgan fingerprint density at radius 2 is 2.00 bits per heavy atom. The largest absolute Gasteiger partial charge is 0.312 e. The lowest BCUT2D eigenvalue weighted by Crippen LogP contribution is -1.97. The van der Waals surface area contributed by atoms with Crippen LogP contribution in [-0.4, -0.2) is 4.37 Å². The fourth-order valence-electron chi connectivity index (χ4n) is 1.71. The van der Waals surface area contributed by atoms with Crippen LogP contribution in [0.25, 0.3) is 10.4 Å². The molecule has 0 aliphatic rings. The maximum Gasteiger partial charge on any atom is 0.312 e. The molecule has 2 rings (SSSR count). The second-order valence-electron chi connectivity index (χ2n) is 4.00. The molecule has 0 spiro atoms. The molecule has 0 amide bonds. The SMILES string of the molecule is CCC(C)[s+]1[nH]c(=O)c(Cl)c1-c1ccccc1. The summed E-state index contributed by atoms with van der Waals surface area (Å²) in [6.07, 6.45) is 1.02. The number of H-pyrrole nitrogens is 1. The van der Waals surface area contributed by atoms with Crippen molar-refractivity contribution < 1.29 is 0 Å². The quantitative estimate of drug-likeness (QED) is 0.822. The van der Waals surface area contributed by atoms with E-state index in [9.17, 15) is 4.79 Å². The molecule has 2 aromatic rings. The van der Waals surface area contributed by atoms with Gasteiger partial charge in [-0.15, -0.1) is 4.37 Å². The Hall–Kier alpha value is -1.06. The Morgan fingerprint density at radius 1 is 1.35 bits per heavy atom. The Morgan fingerprint density at radius 3 is 2.59 bits per heavy atom. The minimum absolute atomic E-state index is 0.144. The van der Waals surface area contributed by atoms with E-state index in [2.05, 4.69) is 18.2 Å². The van der Waals surface area contributed by atoms with Crippen molar-refractivity contribution in [3.63, 3.8) is 0 Å². The summed E-state index contributed by atoms with van der Waals surface area (Å²) < 4.78 is 2.99. The highest BCUT2D eigenvalue weighted by atomic mass is 35.5. The predicted molar refractivity (Wildman–Crippen MR) is 75.0 cm³/mol. The number of hydrogen-bond acceptors (Lipinski definition) is 1. The summed E-state index contributed by atoms with van der Waals surface area (Å²) in [5, 5.41) is 0.755. The molecule has 2 nitrogen and oxygen atoms in total. The molecular weight excluding hydrogens is 254 g/mol. The molecule has 1 aromatic carbocycles. The number of aromatic amines is 1. The van der Waals surface area contributed by atoms with Crippen LogP contribution in [0.5, 0.6) is 0 Å². The van der Waals surface area contributed by atoms with E-state index in [1.54, 1.807) is 0 Å². The normalized spacial score (nSPS) is 13.7. The van der Waals surface area contributed by atoms with E-state index >= 15 is 0 Å². The van der Waals surface area contributed by atoms with Crippen LogP contribution in [0.15, 0.2) is 35.1 Å². The van der Waals surface area contributed by atoms with Gasteiger partial charge in [0.1, 0.15) is 0 Å². The molecule has 17 heavy (non-hydrogen) atoms. The molecule has 0 saturated carbocycles. The van der Waals surface area contributed by atoms with Crippen LogP contribution >= 0.6 is 22.3 Å². The number of halogens is 1. The van der Waals surface area contributed by atoms with Crippen LogP contribution in [0.4, 0.5) is 0 Å². The monoisotopic (exact) mass is 268 g/mol. The summed E-state index contributed by atoms with van der Waals surface area (Å²) in [5.74, 6) is 0. The van der Waals surface area contributed by atoms with E-state index in [0.717, 1.165) is 16.9 Å². The number of rotatable bonds is 3. The van der Waals surface area contributed by atoms with Crippen LogP contribution in [0.3, 0.4) is 0 Å². The first-order valence-corrected chi connectivity index (χ1v) is 7.31. The van der Waals surface area contributed by atoms with Gasteiger partial charge in [-0.1, -0.05) is 36.7 Å². The van der Waals surface area contributed by atoms with Crippen LogP contribution in [0, 0.1) is 0 Å². The molecule has 0 saturated heterocycles. The van der Waals surface area contributed by atoms with Crippen molar-refractivity contribution in [1.29, 1.82) is 0 Å². The highest BCUT2D eigenvalue weighted by Crippen LogP contribution is 2.43. The van der Waals surface area contributed by atoms with Crippen LogP contribution in [0.1, 0.15) is 25.5 Å². The first-order valence-electron chi connectivity index (χ1n) is 5.64. The highest BCUT2D eigenvalue weighted by molar-refractivity contribution is 7.30. The molecule has 1 N–H and O–H groups in total. The van der Waals surface area contributed by atoms with Crippen molar-refractivity contribution in [3.8, 4) is 10.4 Å². The van der Waals surface area contributed by atoms with Crippen molar-refractivity contribution in [2.45, 2.75) is 25.5 Å². The Kier molecular flexibility index (Phi) is 3.69. The molecule has 0 bridgehead atoms. The molecule has 4 heteroatoms. The summed E-state index contributed by atoms with van der Waals surface area (Å²) in [6.45, 7) is 4.26. The first kappa shape index (κ1) is 12.4. The predicted octanol–water partition coefficient (Wildman–Crippen LogP) is 4.42. The maximum atomic E-state index is 11.7. The van der Waals surface area contributed by atoms with Gasteiger partial charge in [0.15, 0.2) is 10.3 Å². The second-order valence-corrected chi connectivity index (χ2v) is 6.47. The fourth-order valence-corrected chi connectivity index (χ4v) is 4.19. The molecule has 2 unspecified atom stereocenters. The molecule has 1 heterocycles. The number of aromatic nitrogens is 1. The Bertz CT molecular complexity index is 559. The van der Waals surface area contributed by atoms with E-state index in [-0.39, 0.29) is 16.2 Å². The van der Waals surface area contributed by atoms with Crippen molar-refractivity contribution in [2.75, 3.05) is 0 Å². The zero-order chi connectivity index (χ0) is 12.4. The molecule has 1 aromatic heterocycles. The fraction of sp³-hybridized carbons (Fsp3) is 0.308. The third-order valence-electron chi connectivity index (χ3n) is 2.83. The summed E-state index contributed by atoms with van der Waals surface area (Å²) >= 11 is 6.13. The third kappa shape index (κ3) is 2.31. The first-order chi connectivity index (χ1) is 8.15. The highest BCUT2D eigenvalue weighted by Gasteiger charge is 2.28. The van der Waals surface area contributed by atoms with Crippen molar-refractivity contribution >= 4 is 22.3 Å². The van der Waals surface area contributed by atoms with Gasteiger partial charge in [-0.05, 0) is 25.5 Å². The minimum atomic E-state index is -0.273. The lowest BCUT2D eigenvalue weighted by Gasteiger charge is -2.01. The smallest absolute Gasteiger partial charge is 0.263 e. The van der Waals surface area contributed by atoms with E-state index < -0.39 is 0 Å². The van der Waals surface area contributed by atoms with Gasteiger partial charge in [0.05, 0.1) is 10.7 Å². The second kappa shape index (κ2) is 5.07. The van der Waals surface area contributed by atoms with Crippen LogP contribution < -0.4 is 5.56 Å². The molecule has 0 radical (unpaired) electrons. The molecule has 0 fully saturated rings. The maximum absolute atomic E-state index is 11.7. The van der Waals surface area contributed by atoms with Gasteiger partial charge >= 0.3 is 5.56 Å². The van der Waals surface area contributed by atoms with Crippen LogP contribution in [0.2, 0.25) is 5.02 Å². The lowest BCUT2D eigenvalue weighted by atomic mass is 10.2. The summed E-state index contributed by atoms with van der Waals surface area (Å²) in [6, 6.07) is 9.89. The zero-order valence-electron chi connectivity index (χ0n) is 9.87. The van der Waals surface area contributed by atoms with Crippen LogP contribution in [-0.2, 0) is 0 Å². The zero-order valence-corrected chi connectivity index (χ0v) is 11.4. The standard InChI is InChI=1S/C13H14ClNOS/c1-3-9(2)17-12(11(14)13(16)15-17)10-7-5-4-6-8-10/h4-9H,3H2,1-2H3/p+1. The minimum Gasteiger partial charge on any atom is -0.263 e. The molecule has 0 aliphatic carbocycles. The van der Waals surface area contributed by atoms with Gasteiger partial charge in [-0.3, -0.25) is 4.79 Å². The summed E-state index contributed by atoms with van der Waals surface area (Å²) in [7, 11) is -0.273. The number of hydrogen-bond donors (Lipinski definition) is 1. The van der Waals surface area contributed by atoms with Gasteiger partial charge in [-0.25, -0.2) is 0 Å². The van der Waals surface area contributed by atoms with E-state index in [1.807, 2.05) is 30.3 Å². The van der Waals surface area contributed by atoms with Gasteiger partial charge < -0.3 is 0 Å². The van der Waals surface area contributed by atoms with Gasteiger partial charge in [-0.2, -0.15) is 0 Å². The molecule has 0 aliphatic heterocycles. The van der Waals surface area contributed by atoms with E-state index in [1.165, 1.54) is 0 Å². The lowest BCUT2D eigenvalue weighted by molar-refractivity contribution is 0.840. The van der Waals surface area contributed by atoms with Crippen molar-refractivity contribution in [2.24, 2.45) is 0 Å². The van der Waals surface area contributed by atoms with Crippen molar-refractivity contribution in [3.05, 3.63) is 45.7 Å². The number of nitrogens with one attached hydrogen (secondary N) is 1. The van der Waals surface area contributed by atoms with Gasteiger partial charge in [0.2, 0.25) is 4.88 Å². The third-order valence-corrected chi connectivity index (χ3v) is 5.73. The van der Waals surface area contributed by atoms with Gasteiger partial charge in [0.25, 0.3) is 0 Å². The molecule has 90 valence electrons. The molecule has 2 atom stereocenters.